The summed E-state index contributed by atoms with van der Waals surface area (Å²) in [6, 6.07) is 6.74. The molecule has 5 aliphatic rings. The van der Waals surface area contributed by atoms with Crippen molar-refractivity contribution in [2.45, 2.75) is 69.5 Å². The standard InChI is InChI=1S/C21H27BrO2/c22-17-4-5-18(19(10-17)24-20-3-1-2-6-23-20)21-11-14-7-15(12-21)9-16(8-14)13-21/h4-5,10,14-16,20H,1-3,6-9,11-13H2. The second kappa shape index (κ2) is 6.02. The maximum Gasteiger partial charge on any atom is 0.199 e. The van der Waals surface area contributed by atoms with Crippen LogP contribution in [0.3, 0.4) is 0 Å². The third-order valence-corrected chi connectivity index (χ3v) is 7.44. The first-order valence-electron chi connectivity index (χ1n) is 9.78. The molecule has 1 atom stereocenters. The summed E-state index contributed by atoms with van der Waals surface area (Å²) < 4.78 is 13.4. The van der Waals surface area contributed by atoms with Crippen LogP contribution in [0.25, 0.3) is 0 Å². The molecule has 1 aromatic carbocycles. The molecular weight excluding hydrogens is 364 g/mol. The summed E-state index contributed by atoms with van der Waals surface area (Å²) in [5, 5.41) is 0. The van der Waals surface area contributed by atoms with Gasteiger partial charge in [0.1, 0.15) is 5.75 Å². The highest BCUT2D eigenvalue weighted by Gasteiger charge is 2.52. The molecule has 1 saturated heterocycles. The van der Waals surface area contributed by atoms with Crippen LogP contribution >= 0.6 is 15.9 Å². The maximum atomic E-state index is 6.40. The minimum Gasteiger partial charge on any atom is -0.465 e. The van der Waals surface area contributed by atoms with Crippen molar-refractivity contribution in [1.82, 2.24) is 0 Å². The first kappa shape index (κ1) is 15.7. The Morgan fingerprint density at radius 1 is 1.00 bits per heavy atom. The Kier molecular flexibility index (Phi) is 3.94. The number of halogens is 1. The average Bonchev–Trinajstić information content (AvgIpc) is 2.54. The highest BCUT2D eigenvalue weighted by atomic mass is 79.9. The first-order chi connectivity index (χ1) is 11.7. The highest BCUT2D eigenvalue weighted by Crippen LogP contribution is 2.62. The summed E-state index contributed by atoms with van der Waals surface area (Å²) in [6.45, 7) is 0.839. The summed E-state index contributed by atoms with van der Waals surface area (Å²) in [6.07, 6.45) is 11.9. The second-order valence-electron chi connectivity index (χ2n) is 8.75. The van der Waals surface area contributed by atoms with Crippen LogP contribution in [-0.2, 0) is 10.2 Å². The topological polar surface area (TPSA) is 18.5 Å². The van der Waals surface area contributed by atoms with E-state index in [-0.39, 0.29) is 6.29 Å². The zero-order valence-corrected chi connectivity index (χ0v) is 15.9. The molecule has 0 aromatic heterocycles. The van der Waals surface area contributed by atoms with Crippen molar-refractivity contribution in [3.8, 4) is 5.75 Å². The van der Waals surface area contributed by atoms with E-state index in [0.29, 0.717) is 5.41 Å². The fourth-order valence-corrected chi connectivity index (χ4v) is 6.76. The molecular formula is C21H27BrO2. The molecule has 1 unspecified atom stereocenters. The minimum atomic E-state index is -0.0549. The van der Waals surface area contributed by atoms with E-state index in [4.69, 9.17) is 9.47 Å². The summed E-state index contributed by atoms with van der Waals surface area (Å²) >= 11 is 3.65. The van der Waals surface area contributed by atoms with Gasteiger partial charge in [-0.05, 0) is 86.7 Å². The Balaban J connectivity index is 1.49. The smallest absolute Gasteiger partial charge is 0.199 e. The van der Waals surface area contributed by atoms with Gasteiger partial charge in [-0.3, -0.25) is 0 Å². The van der Waals surface area contributed by atoms with Gasteiger partial charge in [0.25, 0.3) is 0 Å². The van der Waals surface area contributed by atoms with Crippen LogP contribution in [0.15, 0.2) is 22.7 Å². The zero-order chi connectivity index (χ0) is 16.1. The van der Waals surface area contributed by atoms with E-state index in [1.807, 2.05) is 0 Å². The summed E-state index contributed by atoms with van der Waals surface area (Å²) in [5.41, 5.74) is 1.85. The van der Waals surface area contributed by atoms with Crippen LogP contribution in [0, 0.1) is 17.8 Å². The first-order valence-corrected chi connectivity index (χ1v) is 10.6. The van der Waals surface area contributed by atoms with Crippen LogP contribution in [-0.4, -0.2) is 12.9 Å². The molecule has 6 rings (SSSR count). The van der Waals surface area contributed by atoms with Gasteiger partial charge < -0.3 is 9.47 Å². The lowest BCUT2D eigenvalue weighted by molar-refractivity contribution is -0.107. The third kappa shape index (κ3) is 2.72. The Bertz CT molecular complexity index is 585. The minimum absolute atomic E-state index is 0.0549. The van der Waals surface area contributed by atoms with Crippen LogP contribution in [0.4, 0.5) is 0 Å². The molecule has 130 valence electrons. The van der Waals surface area contributed by atoms with Gasteiger partial charge in [-0.15, -0.1) is 0 Å². The Morgan fingerprint density at radius 2 is 1.71 bits per heavy atom. The van der Waals surface area contributed by atoms with Crippen LogP contribution in [0.5, 0.6) is 5.75 Å². The van der Waals surface area contributed by atoms with E-state index >= 15 is 0 Å². The van der Waals surface area contributed by atoms with Gasteiger partial charge in [0.05, 0.1) is 6.61 Å². The number of rotatable bonds is 3. The summed E-state index contributed by atoms with van der Waals surface area (Å²) in [5.74, 6) is 3.95. The van der Waals surface area contributed by atoms with Crippen molar-refractivity contribution in [1.29, 1.82) is 0 Å². The molecule has 0 amide bonds. The molecule has 24 heavy (non-hydrogen) atoms. The maximum absolute atomic E-state index is 6.40. The third-order valence-electron chi connectivity index (χ3n) is 6.95. The van der Waals surface area contributed by atoms with Crippen molar-refractivity contribution >= 4 is 15.9 Å². The van der Waals surface area contributed by atoms with Crippen LogP contribution in [0.1, 0.15) is 63.4 Å². The van der Waals surface area contributed by atoms with Crippen LogP contribution < -0.4 is 4.74 Å². The van der Waals surface area contributed by atoms with Gasteiger partial charge in [-0.25, -0.2) is 0 Å². The number of hydrogen-bond acceptors (Lipinski definition) is 2. The number of ether oxygens (including phenoxy) is 2. The molecule has 5 fully saturated rings. The van der Waals surface area contributed by atoms with E-state index in [0.717, 1.165) is 41.0 Å². The second-order valence-corrected chi connectivity index (χ2v) is 9.67. The molecule has 0 spiro atoms. The molecule has 1 aliphatic heterocycles. The molecule has 1 aromatic rings. The fourth-order valence-electron chi connectivity index (χ4n) is 6.42. The normalized spacial score (nSPS) is 40.7. The van der Waals surface area contributed by atoms with Gasteiger partial charge in [0.15, 0.2) is 6.29 Å². The predicted molar refractivity (Wildman–Crippen MR) is 98.2 cm³/mol. The molecule has 4 saturated carbocycles. The SMILES string of the molecule is Brc1ccc(C23CC4CC(CC(C4)C2)C3)c(OC2CCCCO2)c1. The van der Waals surface area contributed by atoms with Crippen molar-refractivity contribution < 1.29 is 9.47 Å². The lowest BCUT2D eigenvalue weighted by Crippen LogP contribution is -2.48. The van der Waals surface area contributed by atoms with Crippen molar-refractivity contribution in [3.63, 3.8) is 0 Å². The zero-order valence-electron chi connectivity index (χ0n) is 14.3. The predicted octanol–water partition coefficient (Wildman–Crippen LogP) is 5.82. The lowest BCUT2D eigenvalue weighted by Gasteiger charge is -2.57. The summed E-state index contributed by atoms with van der Waals surface area (Å²) in [7, 11) is 0. The van der Waals surface area contributed by atoms with Crippen molar-refractivity contribution in [3.05, 3.63) is 28.2 Å². The molecule has 4 aliphatic carbocycles. The van der Waals surface area contributed by atoms with Gasteiger partial charge in [-0.1, -0.05) is 22.0 Å². The van der Waals surface area contributed by atoms with E-state index in [1.165, 1.54) is 56.9 Å². The lowest BCUT2D eigenvalue weighted by atomic mass is 9.48. The fraction of sp³-hybridized carbons (Fsp3) is 0.714. The molecule has 0 N–H and O–H groups in total. The van der Waals surface area contributed by atoms with E-state index in [2.05, 4.69) is 34.1 Å². The largest absolute Gasteiger partial charge is 0.465 e. The molecule has 1 heterocycles. The molecule has 3 heteroatoms. The van der Waals surface area contributed by atoms with Crippen molar-refractivity contribution in [2.24, 2.45) is 17.8 Å². The van der Waals surface area contributed by atoms with Gasteiger partial charge in [0.2, 0.25) is 0 Å². The number of hydrogen-bond donors (Lipinski definition) is 0. The highest BCUT2D eigenvalue weighted by molar-refractivity contribution is 9.10. The Labute approximate surface area is 153 Å². The molecule has 4 bridgehead atoms. The van der Waals surface area contributed by atoms with Crippen molar-refractivity contribution in [2.75, 3.05) is 6.61 Å². The monoisotopic (exact) mass is 390 g/mol. The van der Waals surface area contributed by atoms with Gasteiger partial charge >= 0.3 is 0 Å². The van der Waals surface area contributed by atoms with E-state index in [1.54, 1.807) is 0 Å². The van der Waals surface area contributed by atoms with E-state index in [9.17, 15) is 0 Å². The Morgan fingerprint density at radius 3 is 2.33 bits per heavy atom. The number of benzene rings is 1. The van der Waals surface area contributed by atoms with Crippen LogP contribution in [0.2, 0.25) is 0 Å². The molecule has 0 radical (unpaired) electrons. The quantitative estimate of drug-likeness (QED) is 0.646. The van der Waals surface area contributed by atoms with Gasteiger partial charge in [-0.2, -0.15) is 0 Å². The molecule has 2 nitrogen and oxygen atoms in total. The average molecular weight is 391 g/mol. The summed E-state index contributed by atoms with van der Waals surface area (Å²) in [4.78, 5) is 0. The Hall–Kier alpha value is -0.540. The van der Waals surface area contributed by atoms with E-state index < -0.39 is 0 Å². The van der Waals surface area contributed by atoms with Gasteiger partial charge in [0, 0.05) is 16.5 Å².